The van der Waals surface area contributed by atoms with Crippen LogP contribution in [0.15, 0.2) is 42.5 Å². The van der Waals surface area contributed by atoms with E-state index in [0.29, 0.717) is 5.69 Å². The summed E-state index contributed by atoms with van der Waals surface area (Å²) in [6, 6.07) is 8.64. The maximum atomic E-state index is 13.5. The van der Waals surface area contributed by atoms with Crippen LogP contribution in [0.1, 0.15) is 19.4 Å². The van der Waals surface area contributed by atoms with Crippen LogP contribution in [0.25, 0.3) is 0 Å². The fraction of sp³-hybridized carbons (Fsp3) is 0.278. The van der Waals surface area contributed by atoms with Crippen LogP contribution < -0.4 is 9.62 Å². The first-order valence-corrected chi connectivity index (χ1v) is 9.82. The molecule has 0 aliphatic heterocycles. The third-order valence-corrected chi connectivity index (χ3v) is 5.12. The maximum Gasteiger partial charge on any atom is 0.247 e. The zero-order chi connectivity index (χ0) is 19.5. The number of benzene rings is 2. The van der Waals surface area contributed by atoms with Gasteiger partial charge in [0.1, 0.15) is 6.04 Å². The predicted octanol–water partition coefficient (Wildman–Crippen LogP) is 3.32. The number of sulfonamides is 1. The van der Waals surface area contributed by atoms with E-state index in [2.05, 4.69) is 5.32 Å². The number of nitrogens with one attached hydrogen (secondary N) is 1. The molecule has 0 aliphatic carbocycles. The lowest BCUT2D eigenvalue weighted by atomic mass is 10.1. The third-order valence-electron chi connectivity index (χ3n) is 3.88. The number of anilines is 2. The Morgan fingerprint density at radius 1 is 1.12 bits per heavy atom. The van der Waals surface area contributed by atoms with E-state index < -0.39 is 33.6 Å². The van der Waals surface area contributed by atoms with Crippen LogP contribution in [0.3, 0.4) is 0 Å². The Bertz CT molecular complexity index is 899. The van der Waals surface area contributed by atoms with Crippen molar-refractivity contribution in [2.75, 3.05) is 15.9 Å². The lowest BCUT2D eigenvalue weighted by Gasteiger charge is -2.28. The number of halogens is 2. The topological polar surface area (TPSA) is 66.5 Å². The van der Waals surface area contributed by atoms with Crippen molar-refractivity contribution in [3.63, 3.8) is 0 Å². The highest BCUT2D eigenvalue weighted by atomic mass is 32.2. The molecule has 0 aliphatic rings. The first kappa shape index (κ1) is 19.8. The van der Waals surface area contributed by atoms with Crippen molar-refractivity contribution in [2.45, 2.75) is 26.3 Å². The Hall–Kier alpha value is -2.48. The second kappa shape index (κ2) is 7.82. The summed E-state index contributed by atoms with van der Waals surface area (Å²) < 4.78 is 51.7. The fourth-order valence-electron chi connectivity index (χ4n) is 2.50. The molecule has 0 aromatic heterocycles. The molecule has 1 amide bonds. The first-order valence-electron chi connectivity index (χ1n) is 7.97. The van der Waals surface area contributed by atoms with Crippen molar-refractivity contribution in [3.8, 4) is 0 Å². The van der Waals surface area contributed by atoms with Crippen molar-refractivity contribution in [1.29, 1.82) is 0 Å². The number of hydrogen-bond acceptors (Lipinski definition) is 3. The van der Waals surface area contributed by atoms with Gasteiger partial charge in [-0.1, -0.05) is 19.1 Å². The van der Waals surface area contributed by atoms with Gasteiger partial charge in [-0.15, -0.1) is 0 Å². The summed E-state index contributed by atoms with van der Waals surface area (Å²) in [6.45, 7) is 3.37. The number of aryl methyl sites for hydroxylation is 1. The molecule has 2 aromatic carbocycles. The van der Waals surface area contributed by atoms with Crippen LogP contribution in [0.2, 0.25) is 0 Å². The van der Waals surface area contributed by atoms with Crippen molar-refractivity contribution in [3.05, 3.63) is 59.7 Å². The van der Waals surface area contributed by atoms with Crippen LogP contribution in [0.5, 0.6) is 0 Å². The summed E-state index contributed by atoms with van der Waals surface area (Å²) in [5.41, 5.74) is 1.48. The lowest BCUT2D eigenvalue weighted by Crippen LogP contribution is -2.45. The molecule has 2 aromatic rings. The summed E-state index contributed by atoms with van der Waals surface area (Å²) in [5, 5.41) is 2.63. The third kappa shape index (κ3) is 4.57. The van der Waals surface area contributed by atoms with Crippen LogP contribution in [0, 0.1) is 11.6 Å². The van der Waals surface area contributed by atoms with E-state index in [0.717, 1.165) is 40.7 Å². The minimum Gasteiger partial charge on any atom is -0.324 e. The smallest absolute Gasteiger partial charge is 0.247 e. The van der Waals surface area contributed by atoms with Crippen molar-refractivity contribution in [1.82, 2.24) is 0 Å². The van der Waals surface area contributed by atoms with Gasteiger partial charge >= 0.3 is 0 Å². The average Bonchev–Trinajstić information content (AvgIpc) is 2.57. The molecule has 2 rings (SSSR count). The van der Waals surface area contributed by atoms with Gasteiger partial charge in [-0.05, 0) is 43.2 Å². The molecule has 26 heavy (non-hydrogen) atoms. The molecular weight excluding hydrogens is 362 g/mol. The zero-order valence-corrected chi connectivity index (χ0v) is 15.5. The average molecular weight is 382 g/mol. The van der Waals surface area contributed by atoms with Gasteiger partial charge < -0.3 is 5.32 Å². The summed E-state index contributed by atoms with van der Waals surface area (Å²) in [4.78, 5) is 12.5. The number of carbonyl (C=O) groups excluding carboxylic acids is 1. The highest BCUT2D eigenvalue weighted by Gasteiger charge is 2.29. The summed E-state index contributed by atoms with van der Waals surface area (Å²) in [6.07, 6.45) is 1.75. The number of rotatable bonds is 6. The molecule has 0 bridgehead atoms. The summed E-state index contributed by atoms with van der Waals surface area (Å²) in [7, 11) is -3.91. The van der Waals surface area contributed by atoms with Crippen LogP contribution >= 0.6 is 0 Å². The molecule has 1 unspecified atom stereocenters. The van der Waals surface area contributed by atoms with Crippen LogP contribution in [-0.4, -0.2) is 26.6 Å². The maximum absolute atomic E-state index is 13.5. The zero-order valence-electron chi connectivity index (χ0n) is 14.7. The van der Waals surface area contributed by atoms with E-state index in [1.54, 1.807) is 12.1 Å². The van der Waals surface area contributed by atoms with Gasteiger partial charge in [-0.2, -0.15) is 0 Å². The van der Waals surface area contributed by atoms with E-state index in [9.17, 15) is 22.0 Å². The molecule has 5 nitrogen and oxygen atoms in total. The van der Waals surface area contributed by atoms with E-state index >= 15 is 0 Å². The Morgan fingerprint density at radius 3 is 2.23 bits per heavy atom. The first-order chi connectivity index (χ1) is 12.1. The minimum absolute atomic E-state index is 0.129. The van der Waals surface area contributed by atoms with E-state index in [4.69, 9.17) is 0 Å². The van der Waals surface area contributed by atoms with Gasteiger partial charge in [0.25, 0.3) is 0 Å². The minimum atomic E-state index is -3.91. The molecular formula is C18H20F2N2O3S. The predicted molar refractivity (Wildman–Crippen MR) is 97.6 cm³/mol. The second-order valence-corrected chi connectivity index (χ2v) is 7.73. The molecule has 0 radical (unpaired) electrons. The Balaban J connectivity index is 2.29. The number of amides is 1. The molecule has 0 spiro atoms. The van der Waals surface area contributed by atoms with Crippen molar-refractivity contribution >= 4 is 27.3 Å². The second-order valence-electron chi connectivity index (χ2n) is 5.87. The Morgan fingerprint density at radius 2 is 1.73 bits per heavy atom. The highest BCUT2D eigenvalue weighted by Crippen LogP contribution is 2.24. The summed E-state index contributed by atoms with van der Waals surface area (Å²) >= 11 is 0. The normalized spacial score (nSPS) is 12.5. The monoisotopic (exact) mass is 382 g/mol. The molecule has 0 fully saturated rings. The molecule has 140 valence electrons. The fourth-order valence-corrected chi connectivity index (χ4v) is 3.67. The molecule has 1 atom stereocenters. The number of hydrogen-bond donors (Lipinski definition) is 1. The summed E-state index contributed by atoms with van der Waals surface area (Å²) in [5.74, 6) is -2.89. The van der Waals surface area contributed by atoms with Gasteiger partial charge in [-0.25, -0.2) is 17.2 Å². The van der Waals surface area contributed by atoms with Gasteiger partial charge in [0.05, 0.1) is 11.9 Å². The highest BCUT2D eigenvalue weighted by molar-refractivity contribution is 7.92. The van der Waals surface area contributed by atoms with E-state index in [-0.39, 0.29) is 5.69 Å². The largest absolute Gasteiger partial charge is 0.324 e. The molecule has 8 heteroatoms. The molecule has 0 saturated heterocycles. The molecule has 0 saturated carbocycles. The lowest BCUT2D eigenvalue weighted by molar-refractivity contribution is -0.116. The van der Waals surface area contributed by atoms with Crippen molar-refractivity contribution < 1.29 is 22.0 Å². The van der Waals surface area contributed by atoms with Gasteiger partial charge in [0.2, 0.25) is 15.9 Å². The molecule has 1 N–H and O–H groups in total. The number of nitrogens with zero attached hydrogens (tertiary/aromatic N) is 1. The van der Waals surface area contributed by atoms with Crippen molar-refractivity contribution in [2.24, 2.45) is 0 Å². The van der Waals surface area contributed by atoms with Gasteiger partial charge in [-0.3, -0.25) is 9.10 Å². The number of carbonyl (C=O) groups is 1. The SMILES string of the molecule is CCc1ccc(NC(=O)C(C)N(c2ccc(F)c(F)c2)S(C)(=O)=O)cc1. The standard InChI is InChI=1S/C18H20F2N2O3S/c1-4-13-5-7-14(8-6-13)21-18(23)12(2)22(26(3,24)25)15-9-10-16(19)17(20)11-15/h5-12H,4H2,1-3H3,(H,21,23). The Kier molecular flexibility index (Phi) is 5.97. The van der Waals surface area contributed by atoms with Gasteiger partial charge in [0.15, 0.2) is 11.6 Å². The van der Waals surface area contributed by atoms with Crippen LogP contribution in [0.4, 0.5) is 20.2 Å². The van der Waals surface area contributed by atoms with Crippen LogP contribution in [-0.2, 0) is 21.2 Å². The molecule has 0 heterocycles. The van der Waals surface area contributed by atoms with E-state index in [1.807, 2.05) is 19.1 Å². The Labute approximate surface area is 151 Å². The quantitative estimate of drug-likeness (QED) is 0.833. The van der Waals surface area contributed by atoms with E-state index in [1.165, 1.54) is 6.92 Å². The van der Waals surface area contributed by atoms with Gasteiger partial charge in [0, 0.05) is 11.8 Å².